The van der Waals surface area contributed by atoms with E-state index in [1.54, 1.807) is 6.92 Å². The fourth-order valence-corrected chi connectivity index (χ4v) is 2.82. The predicted molar refractivity (Wildman–Crippen MR) is 75.3 cm³/mol. The molecule has 1 aliphatic carbocycles. The number of esters is 1. The summed E-state index contributed by atoms with van der Waals surface area (Å²) in [5.41, 5.74) is -1.58. The number of halogens is 3. The van der Waals surface area contributed by atoms with E-state index in [-0.39, 0.29) is 24.9 Å². The summed E-state index contributed by atoms with van der Waals surface area (Å²) in [6.45, 7) is 2.08. The summed E-state index contributed by atoms with van der Waals surface area (Å²) < 4.78 is 43.9. The summed E-state index contributed by atoms with van der Waals surface area (Å²) in [6, 6.07) is 2.21. The van der Waals surface area contributed by atoms with E-state index in [1.807, 2.05) is 0 Å². The van der Waals surface area contributed by atoms with Gasteiger partial charge in [0, 0.05) is 12.7 Å². The number of aromatic nitrogens is 1. The van der Waals surface area contributed by atoms with Crippen LogP contribution in [0.2, 0.25) is 0 Å². The zero-order valence-corrected chi connectivity index (χ0v) is 12.4. The molecule has 1 fully saturated rings. The predicted octanol–water partition coefficient (Wildman–Crippen LogP) is 3.64. The van der Waals surface area contributed by atoms with Crippen molar-refractivity contribution in [3.05, 3.63) is 23.9 Å². The van der Waals surface area contributed by atoms with E-state index in [9.17, 15) is 18.0 Å². The molecule has 122 valence electrons. The van der Waals surface area contributed by atoms with Gasteiger partial charge in [0.1, 0.15) is 5.82 Å². The SMILES string of the molecule is CCOC(=O)C1(CNc2ncccc2C(F)(F)F)CCCC1. The largest absolute Gasteiger partial charge is 0.466 e. The van der Waals surface area contributed by atoms with Gasteiger partial charge >= 0.3 is 12.1 Å². The fourth-order valence-electron chi connectivity index (χ4n) is 2.82. The smallest absolute Gasteiger partial charge is 0.419 e. The Hall–Kier alpha value is -1.79. The Bertz CT molecular complexity index is 526. The third-order valence-electron chi connectivity index (χ3n) is 3.98. The summed E-state index contributed by atoms with van der Waals surface area (Å²) in [7, 11) is 0. The zero-order valence-electron chi connectivity index (χ0n) is 12.4. The first kappa shape index (κ1) is 16.6. The number of rotatable bonds is 5. The lowest BCUT2D eigenvalue weighted by atomic mass is 9.86. The van der Waals surface area contributed by atoms with Crippen LogP contribution in [0.5, 0.6) is 0 Å². The monoisotopic (exact) mass is 316 g/mol. The molecular formula is C15H19F3N2O2. The van der Waals surface area contributed by atoms with E-state index >= 15 is 0 Å². The quantitative estimate of drug-likeness (QED) is 0.843. The normalized spacial score (nSPS) is 17.3. The van der Waals surface area contributed by atoms with Gasteiger partial charge in [-0.1, -0.05) is 12.8 Å². The highest BCUT2D eigenvalue weighted by Crippen LogP contribution is 2.40. The second-order valence-electron chi connectivity index (χ2n) is 5.46. The highest BCUT2D eigenvalue weighted by molar-refractivity contribution is 5.78. The molecule has 1 heterocycles. The van der Waals surface area contributed by atoms with Gasteiger partial charge in [-0.15, -0.1) is 0 Å². The summed E-state index contributed by atoms with van der Waals surface area (Å²) in [5.74, 6) is -0.588. The maximum absolute atomic E-state index is 13.0. The molecule has 0 saturated heterocycles. The number of hydrogen-bond acceptors (Lipinski definition) is 4. The summed E-state index contributed by atoms with van der Waals surface area (Å²) in [4.78, 5) is 15.9. The average molecular weight is 316 g/mol. The van der Waals surface area contributed by atoms with Crippen LogP contribution in [0.3, 0.4) is 0 Å². The Kier molecular flexibility index (Phi) is 4.93. The van der Waals surface area contributed by atoms with Crippen molar-refractivity contribution in [2.75, 3.05) is 18.5 Å². The minimum Gasteiger partial charge on any atom is -0.466 e. The van der Waals surface area contributed by atoms with Crippen LogP contribution in [0.1, 0.15) is 38.2 Å². The lowest BCUT2D eigenvalue weighted by Crippen LogP contribution is -2.37. The molecule has 1 aromatic rings. The highest BCUT2D eigenvalue weighted by atomic mass is 19.4. The van der Waals surface area contributed by atoms with Crippen molar-refractivity contribution in [3.8, 4) is 0 Å². The Morgan fingerprint density at radius 1 is 1.41 bits per heavy atom. The van der Waals surface area contributed by atoms with Gasteiger partial charge in [0.15, 0.2) is 0 Å². The van der Waals surface area contributed by atoms with Gasteiger partial charge in [0.2, 0.25) is 0 Å². The van der Waals surface area contributed by atoms with Gasteiger partial charge in [-0.25, -0.2) is 4.98 Å². The van der Waals surface area contributed by atoms with Crippen molar-refractivity contribution in [3.63, 3.8) is 0 Å². The number of hydrogen-bond donors (Lipinski definition) is 1. The van der Waals surface area contributed by atoms with Crippen LogP contribution in [-0.2, 0) is 15.7 Å². The molecule has 0 radical (unpaired) electrons. The molecule has 1 saturated carbocycles. The van der Waals surface area contributed by atoms with E-state index in [1.165, 1.54) is 12.3 Å². The van der Waals surface area contributed by atoms with Crippen molar-refractivity contribution in [1.29, 1.82) is 0 Å². The zero-order chi connectivity index (χ0) is 16.2. The summed E-state index contributed by atoms with van der Waals surface area (Å²) >= 11 is 0. The first-order valence-electron chi connectivity index (χ1n) is 7.32. The lowest BCUT2D eigenvalue weighted by Gasteiger charge is -2.27. The van der Waals surface area contributed by atoms with Gasteiger partial charge in [-0.3, -0.25) is 4.79 Å². The number of nitrogens with zero attached hydrogens (tertiary/aromatic N) is 1. The standard InChI is InChI=1S/C15H19F3N2O2/c1-2-22-13(21)14(7-3-4-8-14)10-20-12-11(15(16,17)18)6-5-9-19-12/h5-6,9H,2-4,7-8,10H2,1H3,(H,19,20). The molecule has 0 aliphatic heterocycles. The van der Waals surface area contributed by atoms with Crippen molar-refractivity contribution >= 4 is 11.8 Å². The summed E-state index contributed by atoms with van der Waals surface area (Å²) in [6.07, 6.45) is -0.212. The van der Waals surface area contributed by atoms with Crippen LogP contribution in [0.15, 0.2) is 18.3 Å². The van der Waals surface area contributed by atoms with Gasteiger partial charge in [0.25, 0.3) is 0 Å². The second-order valence-corrected chi connectivity index (χ2v) is 5.46. The molecule has 7 heteroatoms. The molecule has 1 aromatic heterocycles. The molecule has 22 heavy (non-hydrogen) atoms. The Labute approximate surface area is 127 Å². The molecule has 0 bridgehead atoms. The maximum Gasteiger partial charge on any atom is 0.419 e. The van der Waals surface area contributed by atoms with E-state index < -0.39 is 17.2 Å². The van der Waals surface area contributed by atoms with Crippen molar-refractivity contribution in [1.82, 2.24) is 4.98 Å². The molecule has 0 spiro atoms. The molecular weight excluding hydrogens is 297 g/mol. The van der Waals surface area contributed by atoms with E-state index in [2.05, 4.69) is 10.3 Å². The number of carbonyl (C=O) groups excluding carboxylic acids is 1. The highest BCUT2D eigenvalue weighted by Gasteiger charge is 2.43. The van der Waals surface area contributed by atoms with Gasteiger partial charge in [-0.2, -0.15) is 13.2 Å². The summed E-state index contributed by atoms with van der Waals surface area (Å²) in [5, 5.41) is 2.71. The molecule has 0 unspecified atom stereocenters. The van der Waals surface area contributed by atoms with Crippen LogP contribution in [0.25, 0.3) is 0 Å². The molecule has 0 aromatic carbocycles. The number of ether oxygens (including phenoxy) is 1. The number of pyridine rings is 1. The van der Waals surface area contributed by atoms with Crippen molar-refractivity contribution in [2.45, 2.75) is 38.8 Å². The van der Waals surface area contributed by atoms with Gasteiger partial charge in [0.05, 0.1) is 17.6 Å². The molecule has 1 N–H and O–H groups in total. The molecule has 0 atom stereocenters. The number of alkyl halides is 3. The first-order valence-corrected chi connectivity index (χ1v) is 7.32. The first-order chi connectivity index (χ1) is 10.4. The Balaban J connectivity index is 2.16. The second kappa shape index (κ2) is 6.54. The number of nitrogens with one attached hydrogen (secondary N) is 1. The third-order valence-corrected chi connectivity index (χ3v) is 3.98. The lowest BCUT2D eigenvalue weighted by molar-refractivity contribution is -0.154. The van der Waals surface area contributed by atoms with E-state index in [4.69, 9.17) is 4.74 Å². The average Bonchev–Trinajstić information content (AvgIpc) is 2.95. The number of anilines is 1. The van der Waals surface area contributed by atoms with Crippen LogP contribution < -0.4 is 5.32 Å². The van der Waals surface area contributed by atoms with Crippen LogP contribution >= 0.6 is 0 Å². The minimum absolute atomic E-state index is 0.103. The molecule has 4 nitrogen and oxygen atoms in total. The topological polar surface area (TPSA) is 51.2 Å². The minimum atomic E-state index is -4.48. The van der Waals surface area contributed by atoms with Crippen molar-refractivity contribution < 1.29 is 22.7 Å². The number of carbonyl (C=O) groups is 1. The maximum atomic E-state index is 13.0. The Morgan fingerprint density at radius 2 is 2.09 bits per heavy atom. The Morgan fingerprint density at radius 3 is 2.68 bits per heavy atom. The van der Waals surface area contributed by atoms with E-state index in [0.717, 1.165) is 18.9 Å². The molecule has 0 amide bonds. The molecule has 1 aliphatic rings. The van der Waals surface area contributed by atoms with E-state index in [0.29, 0.717) is 12.8 Å². The third kappa shape index (κ3) is 3.51. The molecule has 2 rings (SSSR count). The van der Waals surface area contributed by atoms with Crippen LogP contribution in [-0.4, -0.2) is 24.1 Å². The van der Waals surface area contributed by atoms with Crippen molar-refractivity contribution in [2.24, 2.45) is 5.41 Å². The van der Waals surface area contributed by atoms with Crippen LogP contribution in [0.4, 0.5) is 19.0 Å². The van der Waals surface area contributed by atoms with Gasteiger partial charge in [-0.05, 0) is 31.9 Å². The van der Waals surface area contributed by atoms with Gasteiger partial charge < -0.3 is 10.1 Å². The fraction of sp³-hybridized carbons (Fsp3) is 0.600. The van der Waals surface area contributed by atoms with Crippen LogP contribution in [0, 0.1) is 5.41 Å².